The highest BCUT2D eigenvalue weighted by atomic mass is 16.5. The average Bonchev–Trinajstić information content (AvgIpc) is 1.97. The Bertz CT molecular complexity index is 117. The van der Waals surface area contributed by atoms with E-state index in [1.165, 1.54) is 0 Å². The van der Waals surface area contributed by atoms with Crippen LogP contribution in [0.2, 0.25) is 0 Å². The molecule has 0 aliphatic carbocycles. The van der Waals surface area contributed by atoms with Gasteiger partial charge in [0.2, 0.25) is 5.91 Å². The van der Waals surface area contributed by atoms with E-state index >= 15 is 0 Å². The van der Waals surface area contributed by atoms with E-state index in [1.54, 1.807) is 7.05 Å². The van der Waals surface area contributed by atoms with Gasteiger partial charge in [-0.2, -0.15) is 0 Å². The number of likely N-dealkylation sites (N-methyl/N-ethyl adjacent to an activating group) is 1. The van der Waals surface area contributed by atoms with Crippen molar-refractivity contribution in [2.75, 3.05) is 20.3 Å². The molecule has 4 nitrogen and oxygen atoms in total. The number of rotatable bonds is 6. The quantitative estimate of drug-likeness (QED) is 0.514. The minimum atomic E-state index is -0.327. The molecular weight excluding hydrogens is 144 g/mol. The van der Waals surface area contributed by atoms with Crippen LogP contribution in [0.3, 0.4) is 0 Å². The molecule has 3 N–H and O–H groups in total. The molecule has 0 aromatic carbocycles. The molecule has 1 amide bonds. The standard InChI is InChI=1S/C7H16N2O2/c1-3-11-5-4-6(9-2)7(8)10/h6,9H,3-5H2,1-2H3,(H2,8,10). The van der Waals surface area contributed by atoms with Crippen molar-refractivity contribution in [3.8, 4) is 0 Å². The summed E-state index contributed by atoms with van der Waals surface area (Å²) in [4.78, 5) is 10.6. The molecule has 4 heteroatoms. The summed E-state index contributed by atoms with van der Waals surface area (Å²) in [6.45, 7) is 3.17. The summed E-state index contributed by atoms with van der Waals surface area (Å²) in [5, 5.41) is 2.81. The van der Waals surface area contributed by atoms with Crippen molar-refractivity contribution in [2.24, 2.45) is 5.73 Å². The van der Waals surface area contributed by atoms with Crippen molar-refractivity contribution in [1.29, 1.82) is 0 Å². The molecule has 0 aliphatic heterocycles. The molecule has 0 aliphatic rings. The molecule has 0 saturated carbocycles. The predicted molar refractivity (Wildman–Crippen MR) is 43.2 cm³/mol. The fraction of sp³-hybridized carbons (Fsp3) is 0.857. The number of ether oxygens (including phenoxy) is 1. The Morgan fingerprint density at radius 1 is 1.73 bits per heavy atom. The van der Waals surface area contributed by atoms with Crippen LogP contribution in [-0.2, 0) is 9.53 Å². The van der Waals surface area contributed by atoms with Crippen LogP contribution in [-0.4, -0.2) is 32.2 Å². The molecule has 0 fully saturated rings. The summed E-state index contributed by atoms with van der Waals surface area (Å²) < 4.78 is 5.07. The SMILES string of the molecule is CCOCCC(NC)C(N)=O. The van der Waals surface area contributed by atoms with Gasteiger partial charge in [0.15, 0.2) is 0 Å². The van der Waals surface area contributed by atoms with Crippen molar-refractivity contribution in [2.45, 2.75) is 19.4 Å². The lowest BCUT2D eigenvalue weighted by Gasteiger charge is -2.10. The van der Waals surface area contributed by atoms with Crippen LogP contribution in [0.25, 0.3) is 0 Å². The predicted octanol–water partition coefficient (Wildman–Crippen LogP) is -0.514. The van der Waals surface area contributed by atoms with Gasteiger partial charge in [-0.3, -0.25) is 4.79 Å². The molecule has 0 spiro atoms. The van der Waals surface area contributed by atoms with Gasteiger partial charge in [0.1, 0.15) is 0 Å². The maximum Gasteiger partial charge on any atom is 0.234 e. The first-order valence-corrected chi connectivity index (χ1v) is 3.76. The van der Waals surface area contributed by atoms with Gasteiger partial charge in [-0.05, 0) is 20.4 Å². The Balaban J connectivity index is 3.44. The molecule has 0 heterocycles. The molecule has 0 radical (unpaired) electrons. The summed E-state index contributed by atoms with van der Waals surface area (Å²) in [5.41, 5.74) is 5.07. The second-order valence-electron chi connectivity index (χ2n) is 2.23. The first-order valence-electron chi connectivity index (χ1n) is 3.76. The Hall–Kier alpha value is -0.610. The minimum Gasteiger partial charge on any atom is -0.382 e. The molecule has 1 atom stereocenters. The minimum absolute atomic E-state index is 0.262. The summed E-state index contributed by atoms with van der Waals surface area (Å²) in [5.74, 6) is -0.327. The van der Waals surface area contributed by atoms with E-state index in [0.29, 0.717) is 19.6 Å². The van der Waals surface area contributed by atoms with Crippen LogP contribution in [0.4, 0.5) is 0 Å². The number of nitrogens with two attached hydrogens (primary N) is 1. The molecule has 0 aromatic heterocycles. The van der Waals surface area contributed by atoms with Gasteiger partial charge in [-0.15, -0.1) is 0 Å². The van der Waals surface area contributed by atoms with Crippen LogP contribution in [0.5, 0.6) is 0 Å². The molecule has 0 saturated heterocycles. The number of amides is 1. The van der Waals surface area contributed by atoms with E-state index in [9.17, 15) is 4.79 Å². The van der Waals surface area contributed by atoms with Gasteiger partial charge >= 0.3 is 0 Å². The maximum absolute atomic E-state index is 10.6. The van der Waals surface area contributed by atoms with Gasteiger partial charge < -0.3 is 15.8 Å². The Kier molecular flexibility index (Phi) is 5.78. The fourth-order valence-corrected chi connectivity index (χ4v) is 0.774. The fourth-order valence-electron chi connectivity index (χ4n) is 0.774. The Morgan fingerprint density at radius 2 is 2.36 bits per heavy atom. The Labute approximate surface area is 67.1 Å². The maximum atomic E-state index is 10.6. The lowest BCUT2D eigenvalue weighted by Crippen LogP contribution is -2.39. The lowest BCUT2D eigenvalue weighted by molar-refractivity contribution is -0.120. The average molecular weight is 160 g/mol. The topological polar surface area (TPSA) is 64.3 Å². The molecule has 66 valence electrons. The van der Waals surface area contributed by atoms with Gasteiger partial charge in [-0.1, -0.05) is 0 Å². The van der Waals surface area contributed by atoms with E-state index in [0.717, 1.165) is 0 Å². The monoisotopic (exact) mass is 160 g/mol. The number of primary amides is 1. The van der Waals surface area contributed by atoms with Crippen molar-refractivity contribution in [1.82, 2.24) is 5.32 Å². The third kappa shape index (κ3) is 4.75. The highest BCUT2D eigenvalue weighted by Crippen LogP contribution is 1.90. The highest BCUT2D eigenvalue weighted by molar-refractivity contribution is 5.79. The molecule has 0 rings (SSSR count). The second kappa shape index (κ2) is 6.12. The van der Waals surface area contributed by atoms with Crippen LogP contribution >= 0.6 is 0 Å². The van der Waals surface area contributed by atoms with Crippen molar-refractivity contribution in [3.63, 3.8) is 0 Å². The van der Waals surface area contributed by atoms with E-state index in [-0.39, 0.29) is 11.9 Å². The highest BCUT2D eigenvalue weighted by Gasteiger charge is 2.10. The zero-order chi connectivity index (χ0) is 8.69. The summed E-state index contributed by atoms with van der Waals surface area (Å²) in [7, 11) is 1.71. The van der Waals surface area contributed by atoms with E-state index in [4.69, 9.17) is 10.5 Å². The molecule has 0 aromatic rings. The molecule has 1 unspecified atom stereocenters. The molecule has 0 bridgehead atoms. The zero-order valence-corrected chi connectivity index (χ0v) is 7.09. The van der Waals surface area contributed by atoms with Gasteiger partial charge in [0, 0.05) is 13.2 Å². The van der Waals surface area contributed by atoms with Crippen LogP contribution in [0.1, 0.15) is 13.3 Å². The van der Waals surface area contributed by atoms with E-state index < -0.39 is 0 Å². The Morgan fingerprint density at radius 3 is 2.73 bits per heavy atom. The van der Waals surface area contributed by atoms with Gasteiger partial charge in [0.05, 0.1) is 6.04 Å². The van der Waals surface area contributed by atoms with Crippen LogP contribution in [0, 0.1) is 0 Å². The third-order valence-electron chi connectivity index (χ3n) is 1.45. The zero-order valence-electron chi connectivity index (χ0n) is 7.09. The smallest absolute Gasteiger partial charge is 0.234 e. The first-order chi connectivity index (χ1) is 5.22. The lowest BCUT2D eigenvalue weighted by atomic mass is 10.2. The van der Waals surface area contributed by atoms with Crippen molar-refractivity contribution < 1.29 is 9.53 Å². The molecular formula is C7H16N2O2. The number of hydrogen-bond acceptors (Lipinski definition) is 3. The van der Waals surface area contributed by atoms with Crippen molar-refractivity contribution in [3.05, 3.63) is 0 Å². The normalized spacial score (nSPS) is 12.9. The third-order valence-corrected chi connectivity index (χ3v) is 1.45. The summed E-state index contributed by atoms with van der Waals surface area (Å²) in [6.07, 6.45) is 0.639. The molecule has 11 heavy (non-hydrogen) atoms. The second-order valence-corrected chi connectivity index (χ2v) is 2.23. The van der Waals surface area contributed by atoms with Gasteiger partial charge in [-0.25, -0.2) is 0 Å². The first kappa shape index (κ1) is 10.4. The van der Waals surface area contributed by atoms with E-state index in [1.807, 2.05) is 6.92 Å². The number of carbonyl (C=O) groups is 1. The van der Waals surface area contributed by atoms with Crippen LogP contribution in [0.15, 0.2) is 0 Å². The summed E-state index contributed by atoms with van der Waals surface area (Å²) in [6, 6.07) is -0.262. The number of carbonyl (C=O) groups excluding carboxylic acids is 1. The van der Waals surface area contributed by atoms with Gasteiger partial charge in [0.25, 0.3) is 0 Å². The summed E-state index contributed by atoms with van der Waals surface area (Å²) >= 11 is 0. The number of hydrogen-bond donors (Lipinski definition) is 2. The van der Waals surface area contributed by atoms with Crippen LogP contribution < -0.4 is 11.1 Å². The number of nitrogens with one attached hydrogen (secondary N) is 1. The van der Waals surface area contributed by atoms with Crippen molar-refractivity contribution >= 4 is 5.91 Å². The van der Waals surface area contributed by atoms with E-state index in [2.05, 4.69) is 5.32 Å². The largest absolute Gasteiger partial charge is 0.382 e.